The lowest BCUT2D eigenvalue weighted by atomic mass is 10.0. The van der Waals surface area contributed by atoms with Gasteiger partial charge in [0.1, 0.15) is 24.3 Å². The Kier molecular flexibility index (Phi) is 5.79. The van der Waals surface area contributed by atoms with Gasteiger partial charge < -0.3 is 9.64 Å². The minimum Gasteiger partial charge on any atom is -0.444 e. The Morgan fingerprint density at radius 2 is 1.97 bits per heavy atom. The van der Waals surface area contributed by atoms with Crippen LogP contribution in [-0.4, -0.2) is 34.8 Å². The van der Waals surface area contributed by atoms with E-state index in [9.17, 15) is 28.0 Å². The molecule has 8 nitrogen and oxygen atoms in total. The highest BCUT2D eigenvalue weighted by Gasteiger charge is 2.40. The second kappa shape index (κ2) is 8.54. The lowest BCUT2D eigenvalue weighted by Crippen LogP contribution is -2.52. The first-order valence-corrected chi connectivity index (χ1v) is 9.95. The lowest BCUT2D eigenvalue weighted by Gasteiger charge is -2.29. The van der Waals surface area contributed by atoms with Crippen molar-refractivity contribution in [2.24, 2.45) is 0 Å². The Bertz CT molecular complexity index is 1160. The predicted octanol–water partition coefficient (Wildman–Crippen LogP) is 3.13. The Morgan fingerprint density at radius 3 is 2.69 bits per heavy atom. The zero-order chi connectivity index (χ0) is 23.0. The number of piperidine rings is 1. The van der Waals surface area contributed by atoms with Crippen LogP contribution in [0.1, 0.15) is 34.3 Å². The number of amides is 4. The first-order valence-electron chi connectivity index (χ1n) is 9.57. The normalized spacial score (nSPS) is 17.8. The number of rotatable bonds is 4. The van der Waals surface area contributed by atoms with Crippen molar-refractivity contribution >= 4 is 41.1 Å². The first kappa shape index (κ1) is 21.7. The van der Waals surface area contributed by atoms with Crippen LogP contribution in [0.3, 0.4) is 0 Å². The summed E-state index contributed by atoms with van der Waals surface area (Å²) in [6.45, 7) is -0.435. The van der Waals surface area contributed by atoms with Crippen molar-refractivity contribution in [2.75, 3.05) is 5.32 Å². The molecule has 2 aliphatic heterocycles. The lowest BCUT2D eigenvalue weighted by molar-refractivity contribution is -0.136. The molecule has 1 fully saturated rings. The van der Waals surface area contributed by atoms with Gasteiger partial charge in [0.25, 0.3) is 5.91 Å². The number of ether oxygens (including phenoxy) is 1. The highest BCUT2D eigenvalue weighted by molar-refractivity contribution is 6.31. The number of hydrogen-bond donors (Lipinski definition) is 2. The molecule has 1 saturated heterocycles. The first-order chi connectivity index (χ1) is 15.2. The molecule has 0 spiro atoms. The van der Waals surface area contributed by atoms with Crippen LogP contribution in [0.25, 0.3) is 0 Å². The fraction of sp³-hybridized carbons (Fsp3) is 0.238. The molecule has 0 aliphatic carbocycles. The molecule has 32 heavy (non-hydrogen) atoms. The monoisotopic (exact) mass is 463 g/mol. The number of nitrogens with one attached hydrogen (secondary N) is 2. The second-order valence-corrected chi connectivity index (χ2v) is 7.74. The van der Waals surface area contributed by atoms with Crippen LogP contribution in [0.4, 0.5) is 19.3 Å². The second-order valence-electron chi connectivity index (χ2n) is 7.33. The van der Waals surface area contributed by atoms with Crippen LogP contribution >= 0.6 is 11.6 Å². The standard InChI is InChI=1S/C21H16ClF2N3O5/c22-14-7-11(1-2-15(14)23)25-21(31)32-9-10-5-12-13(16(24)6-10)8-27(20(12)30)17-3-4-18(28)26-19(17)29/h1-2,5-7,17H,3-4,8-9H2,(H,25,31)(H,26,28,29). The number of imide groups is 1. The Hall–Kier alpha value is -3.53. The van der Waals surface area contributed by atoms with Gasteiger partial charge in [0, 0.05) is 23.2 Å². The maximum absolute atomic E-state index is 14.6. The molecule has 2 aliphatic rings. The molecule has 2 N–H and O–H groups in total. The molecular formula is C21H16ClF2N3O5. The molecule has 11 heteroatoms. The number of benzene rings is 2. The van der Waals surface area contributed by atoms with Gasteiger partial charge in [-0.3, -0.25) is 25.0 Å². The van der Waals surface area contributed by atoms with Crippen LogP contribution in [0, 0.1) is 11.6 Å². The van der Waals surface area contributed by atoms with Gasteiger partial charge in [0.15, 0.2) is 0 Å². The van der Waals surface area contributed by atoms with Crippen molar-refractivity contribution in [3.05, 3.63) is 63.7 Å². The molecule has 2 aromatic rings. The van der Waals surface area contributed by atoms with Gasteiger partial charge in [0.2, 0.25) is 11.8 Å². The van der Waals surface area contributed by atoms with E-state index in [-0.39, 0.29) is 53.4 Å². The number of halogens is 3. The Labute approximate surface area is 185 Å². The summed E-state index contributed by atoms with van der Waals surface area (Å²) in [7, 11) is 0. The van der Waals surface area contributed by atoms with Crippen LogP contribution in [-0.2, 0) is 27.5 Å². The van der Waals surface area contributed by atoms with Gasteiger partial charge >= 0.3 is 6.09 Å². The van der Waals surface area contributed by atoms with Gasteiger partial charge in [-0.2, -0.15) is 0 Å². The van der Waals surface area contributed by atoms with Crippen molar-refractivity contribution in [1.29, 1.82) is 0 Å². The highest BCUT2D eigenvalue weighted by atomic mass is 35.5. The van der Waals surface area contributed by atoms with Crippen molar-refractivity contribution in [3.8, 4) is 0 Å². The predicted molar refractivity (Wildman–Crippen MR) is 108 cm³/mol. The third-order valence-corrected chi connectivity index (χ3v) is 5.49. The number of carbonyl (C=O) groups is 4. The topological polar surface area (TPSA) is 105 Å². The van der Waals surface area contributed by atoms with Gasteiger partial charge in [-0.15, -0.1) is 0 Å². The number of anilines is 1. The average molecular weight is 464 g/mol. The maximum Gasteiger partial charge on any atom is 0.411 e. The van der Waals surface area contributed by atoms with E-state index in [0.29, 0.717) is 0 Å². The Morgan fingerprint density at radius 1 is 1.19 bits per heavy atom. The van der Waals surface area contributed by atoms with Gasteiger partial charge in [0.05, 0.1) is 11.6 Å². The number of fused-ring (bicyclic) bond motifs is 1. The van der Waals surface area contributed by atoms with E-state index >= 15 is 0 Å². The fourth-order valence-corrected chi connectivity index (χ4v) is 3.81. The van der Waals surface area contributed by atoms with Crippen molar-refractivity contribution in [3.63, 3.8) is 0 Å². The molecule has 1 unspecified atom stereocenters. The molecule has 2 aromatic carbocycles. The molecule has 0 saturated carbocycles. The zero-order valence-corrected chi connectivity index (χ0v) is 17.2. The molecule has 166 valence electrons. The van der Waals surface area contributed by atoms with E-state index in [4.69, 9.17) is 16.3 Å². The average Bonchev–Trinajstić information content (AvgIpc) is 3.06. The fourth-order valence-electron chi connectivity index (χ4n) is 3.63. The number of hydrogen-bond acceptors (Lipinski definition) is 5. The number of carbonyl (C=O) groups excluding carboxylic acids is 4. The summed E-state index contributed by atoms with van der Waals surface area (Å²) in [5.74, 6) is -2.86. The molecule has 0 radical (unpaired) electrons. The summed E-state index contributed by atoms with van der Waals surface area (Å²) in [6, 6.07) is 5.25. The molecule has 4 rings (SSSR count). The molecule has 0 aromatic heterocycles. The van der Waals surface area contributed by atoms with Crippen molar-refractivity contribution in [1.82, 2.24) is 10.2 Å². The molecular weight excluding hydrogens is 448 g/mol. The molecule has 4 amide bonds. The number of nitrogens with zero attached hydrogens (tertiary/aromatic N) is 1. The molecule has 1 atom stereocenters. The van der Waals surface area contributed by atoms with E-state index in [1.807, 2.05) is 0 Å². The zero-order valence-electron chi connectivity index (χ0n) is 16.4. The van der Waals surface area contributed by atoms with E-state index < -0.39 is 41.5 Å². The SMILES string of the molecule is O=C1CCC(N2Cc3c(F)cc(COC(=O)Nc4ccc(F)c(Cl)c4)cc3C2=O)C(=O)N1. The van der Waals surface area contributed by atoms with Gasteiger partial charge in [-0.1, -0.05) is 11.6 Å². The summed E-state index contributed by atoms with van der Waals surface area (Å²) in [5.41, 5.74) is 0.636. The van der Waals surface area contributed by atoms with Crippen LogP contribution in [0.2, 0.25) is 5.02 Å². The van der Waals surface area contributed by atoms with Crippen molar-refractivity contribution < 1.29 is 32.7 Å². The minimum atomic E-state index is -0.884. The minimum absolute atomic E-state index is 0.0685. The summed E-state index contributed by atoms with van der Waals surface area (Å²) < 4.78 is 32.9. The van der Waals surface area contributed by atoms with E-state index in [0.717, 1.165) is 12.1 Å². The van der Waals surface area contributed by atoms with E-state index in [2.05, 4.69) is 10.6 Å². The van der Waals surface area contributed by atoms with E-state index in [1.165, 1.54) is 23.1 Å². The van der Waals surface area contributed by atoms with Crippen LogP contribution in [0.15, 0.2) is 30.3 Å². The van der Waals surface area contributed by atoms with E-state index in [1.54, 1.807) is 0 Å². The summed E-state index contributed by atoms with van der Waals surface area (Å²) in [4.78, 5) is 49.4. The molecule has 0 bridgehead atoms. The van der Waals surface area contributed by atoms with Gasteiger partial charge in [-0.25, -0.2) is 13.6 Å². The highest BCUT2D eigenvalue weighted by Crippen LogP contribution is 2.30. The third-order valence-electron chi connectivity index (χ3n) is 5.20. The molecule has 2 heterocycles. The smallest absolute Gasteiger partial charge is 0.411 e. The summed E-state index contributed by atoms with van der Waals surface area (Å²) in [5, 5.41) is 4.36. The third kappa shape index (κ3) is 4.26. The summed E-state index contributed by atoms with van der Waals surface area (Å²) in [6.07, 6.45) is -0.632. The van der Waals surface area contributed by atoms with Crippen LogP contribution in [0.5, 0.6) is 0 Å². The van der Waals surface area contributed by atoms with Crippen LogP contribution < -0.4 is 10.6 Å². The quantitative estimate of drug-likeness (QED) is 0.678. The van der Waals surface area contributed by atoms with Crippen molar-refractivity contribution in [2.45, 2.75) is 32.0 Å². The Balaban J connectivity index is 1.43. The summed E-state index contributed by atoms with van der Waals surface area (Å²) >= 11 is 5.65. The largest absolute Gasteiger partial charge is 0.444 e. The van der Waals surface area contributed by atoms with Gasteiger partial charge in [-0.05, 0) is 42.3 Å². The maximum atomic E-state index is 14.6.